The number of allylic oxidation sites excluding steroid dienone is 1. The number of halogens is 2. The van der Waals surface area contributed by atoms with E-state index in [9.17, 15) is 18.4 Å². The van der Waals surface area contributed by atoms with Gasteiger partial charge in [-0.15, -0.1) is 6.58 Å². The number of carbonyl (C=O) groups is 2. The summed E-state index contributed by atoms with van der Waals surface area (Å²) in [6, 6.07) is 1.57. The highest BCUT2D eigenvalue weighted by Gasteiger charge is 2.20. The Morgan fingerprint density at radius 3 is 2.60 bits per heavy atom. The molecule has 1 rings (SSSR count). The number of carboxylic acid groups (broad SMARTS) is 1. The lowest BCUT2D eigenvalue weighted by Gasteiger charge is -2.14. The minimum absolute atomic E-state index is 0.126. The second-order valence-electron chi connectivity index (χ2n) is 4.21. The van der Waals surface area contributed by atoms with Crippen molar-refractivity contribution in [3.63, 3.8) is 0 Å². The lowest BCUT2D eigenvalue weighted by molar-refractivity contribution is -0.139. The number of nitrogens with one attached hydrogen (secondary N) is 1. The normalized spacial score (nSPS) is 11.7. The molecule has 0 saturated carbocycles. The summed E-state index contributed by atoms with van der Waals surface area (Å²) < 4.78 is 25.7. The molecular formula is C14H15F2NO3. The molecule has 0 bridgehead atoms. The van der Waals surface area contributed by atoms with Crippen LogP contribution in [0.15, 0.2) is 30.9 Å². The van der Waals surface area contributed by atoms with E-state index in [2.05, 4.69) is 11.9 Å². The minimum atomic E-state index is -1.18. The Kier molecular flexibility index (Phi) is 5.83. The van der Waals surface area contributed by atoms with E-state index in [0.29, 0.717) is 12.8 Å². The van der Waals surface area contributed by atoms with E-state index in [-0.39, 0.29) is 12.0 Å². The molecule has 1 aromatic carbocycles. The molecule has 0 aliphatic carbocycles. The Balaban J connectivity index is 2.72. The number of hydrogen-bond donors (Lipinski definition) is 2. The lowest BCUT2D eigenvalue weighted by Crippen LogP contribution is -2.40. The SMILES string of the molecule is C=CCCC[C@H](NC(=O)c1ccc(F)c(F)c1)C(=O)O. The van der Waals surface area contributed by atoms with E-state index in [1.165, 1.54) is 0 Å². The summed E-state index contributed by atoms with van der Waals surface area (Å²) >= 11 is 0. The predicted molar refractivity (Wildman–Crippen MR) is 69.3 cm³/mol. The van der Waals surface area contributed by atoms with E-state index in [1.54, 1.807) is 6.08 Å². The molecule has 4 nitrogen and oxygen atoms in total. The molecule has 0 aromatic heterocycles. The quantitative estimate of drug-likeness (QED) is 0.597. The van der Waals surface area contributed by atoms with Gasteiger partial charge in [-0.3, -0.25) is 4.79 Å². The predicted octanol–water partition coefficient (Wildman–Crippen LogP) is 2.50. The summed E-state index contributed by atoms with van der Waals surface area (Å²) in [7, 11) is 0. The lowest BCUT2D eigenvalue weighted by atomic mass is 10.1. The number of hydrogen-bond acceptors (Lipinski definition) is 2. The minimum Gasteiger partial charge on any atom is -0.480 e. The van der Waals surface area contributed by atoms with E-state index in [0.717, 1.165) is 18.2 Å². The van der Waals surface area contributed by atoms with Crippen LogP contribution in [-0.4, -0.2) is 23.0 Å². The Hall–Kier alpha value is -2.24. The summed E-state index contributed by atoms with van der Waals surface area (Å²) in [5, 5.41) is 11.3. The van der Waals surface area contributed by atoms with Gasteiger partial charge >= 0.3 is 5.97 Å². The monoisotopic (exact) mass is 283 g/mol. The maximum absolute atomic E-state index is 13.0. The molecule has 0 aliphatic heterocycles. The highest BCUT2D eigenvalue weighted by atomic mass is 19.2. The van der Waals surface area contributed by atoms with Crippen molar-refractivity contribution >= 4 is 11.9 Å². The molecule has 0 fully saturated rings. The fourth-order valence-electron chi connectivity index (χ4n) is 1.60. The first kappa shape index (κ1) is 15.8. The van der Waals surface area contributed by atoms with Crippen LogP contribution < -0.4 is 5.32 Å². The highest BCUT2D eigenvalue weighted by molar-refractivity contribution is 5.96. The summed E-state index contributed by atoms with van der Waals surface area (Å²) in [4.78, 5) is 22.8. The molecule has 2 N–H and O–H groups in total. The molecule has 0 radical (unpaired) electrons. The van der Waals surface area contributed by atoms with Gasteiger partial charge in [0, 0.05) is 5.56 Å². The standard InChI is InChI=1S/C14H15F2NO3/c1-2-3-4-5-12(14(19)20)17-13(18)9-6-7-10(15)11(16)8-9/h2,6-8,12H,1,3-5H2,(H,17,18)(H,19,20)/t12-/m0/s1. The van der Waals surface area contributed by atoms with Gasteiger partial charge in [0.25, 0.3) is 5.91 Å². The molecular weight excluding hydrogens is 268 g/mol. The maximum Gasteiger partial charge on any atom is 0.326 e. The topological polar surface area (TPSA) is 66.4 Å². The maximum atomic E-state index is 13.0. The zero-order valence-electron chi connectivity index (χ0n) is 10.7. The van der Waals surface area contributed by atoms with E-state index < -0.39 is 29.6 Å². The van der Waals surface area contributed by atoms with Crippen molar-refractivity contribution in [2.75, 3.05) is 0 Å². The van der Waals surface area contributed by atoms with Crippen molar-refractivity contribution in [3.05, 3.63) is 48.1 Å². The number of benzene rings is 1. The molecule has 6 heteroatoms. The number of rotatable bonds is 7. The second-order valence-corrected chi connectivity index (χ2v) is 4.21. The van der Waals surface area contributed by atoms with Crippen molar-refractivity contribution in [2.45, 2.75) is 25.3 Å². The van der Waals surface area contributed by atoms with Crippen LogP contribution in [0.4, 0.5) is 8.78 Å². The Morgan fingerprint density at radius 1 is 1.35 bits per heavy atom. The zero-order valence-corrected chi connectivity index (χ0v) is 10.7. The van der Waals surface area contributed by atoms with Gasteiger partial charge in [0.05, 0.1) is 0 Å². The van der Waals surface area contributed by atoms with Crippen LogP contribution in [0.3, 0.4) is 0 Å². The summed E-state index contributed by atoms with van der Waals surface area (Å²) in [5.41, 5.74) is -0.126. The van der Waals surface area contributed by atoms with Crippen LogP contribution >= 0.6 is 0 Å². The highest BCUT2D eigenvalue weighted by Crippen LogP contribution is 2.10. The number of unbranched alkanes of at least 4 members (excludes halogenated alkanes) is 1. The fourth-order valence-corrected chi connectivity index (χ4v) is 1.60. The van der Waals surface area contributed by atoms with Crippen LogP contribution in [0.2, 0.25) is 0 Å². The van der Waals surface area contributed by atoms with E-state index in [1.807, 2.05) is 0 Å². The third-order valence-electron chi connectivity index (χ3n) is 2.69. The third-order valence-corrected chi connectivity index (χ3v) is 2.69. The van der Waals surface area contributed by atoms with Gasteiger partial charge in [-0.2, -0.15) is 0 Å². The van der Waals surface area contributed by atoms with Crippen molar-refractivity contribution in [1.29, 1.82) is 0 Å². The summed E-state index contributed by atoms with van der Waals surface area (Å²) in [6.07, 6.45) is 3.07. The largest absolute Gasteiger partial charge is 0.480 e. The molecule has 0 heterocycles. The third kappa shape index (κ3) is 4.46. The smallest absolute Gasteiger partial charge is 0.326 e. The van der Waals surface area contributed by atoms with Crippen molar-refractivity contribution in [1.82, 2.24) is 5.32 Å². The number of amides is 1. The van der Waals surface area contributed by atoms with Gasteiger partial charge in [-0.25, -0.2) is 13.6 Å². The average molecular weight is 283 g/mol. The van der Waals surface area contributed by atoms with Crippen molar-refractivity contribution in [2.24, 2.45) is 0 Å². The van der Waals surface area contributed by atoms with Crippen LogP contribution in [0.5, 0.6) is 0 Å². The van der Waals surface area contributed by atoms with Crippen LogP contribution in [0, 0.1) is 11.6 Å². The molecule has 0 spiro atoms. The van der Waals surface area contributed by atoms with Crippen LogP contribution in [0.1, 0.15) is 29.6 Å². The Morgan fingerprint density at radius 2 is 2.05 bits per heavy atom. The second kappa shape index (κ2) is 7.37. The molecule has 1 atom stereocenters. The zero-order chi connectivity index (χ0) is 15.1. The van der Waals surface area contributed by atoms with Gasteiger partial charge in [0.15, 0.2) is 11.6 Å². The molecule has 1 aromatic rings. The van der Waals surface area contributed by atoms with Gasteiger partial charge in [-0.1, -0.05) is 6.08 Å². The van der Waals surface area contributed by atoms with Gasteiger partial charge < -0.3 is 10.4 Å². The van der Waals surface area contributed by atoms with Gasteiger partial charge in [-0.05, 0) is 37.5 Å². The molecule has 0 saturated heterocycles. The summed E-state index contributed by atoms with van der Waals surface area (Å²) in [6.45, 7) is 3.52. The first-order valence-corrected chi connectivity index (χ1v) is 6.05. The fraction of sp³-hybridized carbons (Fsp3) is 0.286. The van der Waals surface area contributed by atoms with Crippen molar-refractivity contribution in [3.8, 4) is 0 Å². The number of carboxylic acids is 1. The van der Waals surface area contributed by atoms with E-state index in [4.69, 9.17) is 5.11 Å². The van der Waals surface area contributed by atoms with Crippen molar-refractivity contribution < 1.29 is 23.5 Å². The van der Waals surface area contributed by atoms with Gasteiger partial charge in [0.1, 0.15) is 6.04 Å². The first-order valence-electron chi connectivity index (χ1n) is 6.05. The molecule has 1 amide bonds. The molecule has 20 heavy (non-hydrogen) atoms. The van der Waals surface area contributed by atoms with Gasteiger partial charge in [0.2, 0.25) is 0 Å². The summed E-state index contributed by atoms with van der Waals surface area (Å²) in [5.74, 6) is -4.15. The molecule has 108 valence electrons. The van der Waals surface area contributed by atoms with Crippen LogP contribution in [0.25, 0.3) is 0 Å². The number of carbonyl (C=O) groups excluding carboxylic acids is 1. The molecule has 0 unspecified atom stereocenters. The Labute approximate surface area is 115 Å². The first-order chi connectivity index (χ1) is 9.45. The Bertz CT molecular complexity index is 517. The average Bonchev–Trinajstić information content (AvgIpc) is 2.40. The number of aliphatic carboxylic acids is 1. The van der Waals surface area contributed by atoms with Crippen LogP contribution in [-0.2, 0) is 4.79 Å². The molecule has 0 aliphatic rings. The van der Waals surface area contributed by atoms with E-state index >= 15 is 0 Å².